The second-order valence-corrected chi connectivity index (χ2v) is 6.50. The highest BCUT2D eigenvalue weighted by Crippen LogP contribution is 2.24. The summed E-state index contributed by atoms with van der Waals surface area (Å²) in [7, 11) is 0. The molecule has 0 aliphatic carbocycles. The van der Waals surface area contributed by atoms with Gasteiger partial charge in [-0.05, 0) is 70.3 Å². The molecular weight excluding hydrogens is 300 g/mol. The molecule has 1 heterocycles. The number of carbonyl (C=O) groups is 1. The van der Waals surface area contributed by atoms with Crippen molar-refractivity contribution in [1.82, 2.24) is 10.6 Å². The van der Waals surface area contributed by atoms with Gasteiger partial charge in [0.05, 0.1) is 11.7 Å². The third-order valence-electron chi connectivity index (χ3n) is 3.79. The number of rotatable bonds is 6. The minimum atomic E-state index is -0.123. The normalized spacial score (nSPS) is 18.3. The van der Waals surface area contributed by atoms with Crippen LogP contribution in [-0.2, 0) is 0 Å². The molecule has 4 nitrogen and oxygen atoms in total. The lowest BCUT2D eigenvalue weighted by Gasteiger charge is -2.22. The van der Waals surface area contributed by atoms with Gasteiger partial charge in [0.2, 0.25) is 0 Å². The fourth-order valence-electron chi connectivity index (χ4n) is 2.69. The molecule has 2 rings (SSSR count). The highest BCUT2D eigenvalue weighted by Gasteiger charge is 2.16. The fraction of sp³-hybridized carbons (Fsp3) is 0.588. The van der Waals surface area contributed by atoms with E-state index >= 15 is 0 Å². The Labute approximate surface area is 137 Å². The average molecular weight is 325 g/mol. The van der Waals surface area contributed by atoms with E-state index in [-0.39, 0.29) is 12.0 Å². The van der Waals surface area contributed by atoms with Crippen LogP contribution in [0.15, 0.2) is 18.2 Å². The molecule has 1 aliphatic rings. The Kier molecular flexibility index (Phi) is 6.52. The number of nitrogens with one attached hydrogen (secondary N) is 2. The molecular formula is C17H25ClN2O2. The zero-order chi connectivity index (χ0) is 15.9. The predicted octanol–water partition coefficient (Wildman–Crippen LogP) is 3.25. The molecule has 1 amide bonds. The summed E-state index contributed by atoms with van der Waals surface area (Å²) in [6, 6.07) is 5.16. The van der Waals surface area contributed by atoms with Gasteiger partial charge >= 0.3 is 0 Å². The van der Waals surface area contributed by atoms with E-state index in [1.165, 1.54) is 12.8 Å². The van der Waals surface area contributed by atoms with Gasteiger partial charge in [0.25, 0.3) is 5.91 Å². The van der Waals surface area contributed by atoms with Crippen molar-refractivity contribution in [1.29, 1.82) is 0 Å². The van der Waals surface area contributed by atoms with E-state index in [1.807, 2.05) is 13.8 Å². The van der Waals surface area contributed by atoms with Gasteiger partial charge in [-0.2, -0.15) is 0 Å². The first-order valence-electron chi connectivity index (χ1n) is 8.01. The summed E-state index contributed by atoms with van der Waals surface area (Å²) in [6.45, 7) is 6.72. The molecule has 0 saturated carbocycles. The summed E-state index contributed by atoms with van der Waals surface area (Å²) in [4.78, 5) is 12.4. The summed E-state index contributed by atoms with van der Waals surface area (Å²) < 4.78 is 5.69. The van der Waals surface area contributed by atoms with E-state index < -0.39 is 0 Å². The molecule has 0 bridgehead atoms. The first-order chi connectivity index (χ1) is 10.6. The molecule has 1 atom stereocenters. The van der Waals surface area contributed by atoms with Crippen molar-refractivity contribution < 1.29 is 9.53 Å². The van der Waals surface area contributed by atoms with Crippen molar-refractivity contribution in [3.63, 3.8) is 0 Å². The predicted molar refractivity (Wildman–Crippen MR) is 89.8 cm³/mol. The fourth-order valence-corrected chi connectivity index (χ4v) is 2.86. The van der Waals surface area contributed by atoms with Crippen LogP contribution in [0.3, 0.4) is 0 Å². The van der Waals surface area contributed by atoms with Crippen molar-refractivity contribution in [2.45, 2.75) is 39.2 Å². The average Bonchev–Trinajstić information content (AvgIpc) is 2.49. The largest absolute Gasteiger partial charge is 0.490 e. The minimum absolute atomic E-state index is 0.0149. The topological polar surface area (TPSA) is 50.4 Å². The Morgan fingerprint density at radius 3 is 3.00 bits per heavy atom. The standard InChI is InChI=1S/C17H25ClN2O2/c1-12(2)22-16-6-5-14(18)10-15(16)17(21)20-9-7-13-4-3-8-19-11-13/h5-6,10,12-13,19H,3-4,7-9,11H2,1-2H3,(H,20,21). The maximum Gasteiger partial charge on any atom is 0.255 e. The molecule has 0 radical (unpaired) electrons. The van der Waals surface area contributed by atoms with Crippen molar-refractivity contribution in [2.24, 2.45) is 5.92 Å². The summed E-state index contributed by atoms with van der Waals surface area (Å²) in [5.41, 5.74) is 0.503. The first kappa shape index (κ1) is 17.1. The van der Waals surface area contributed by atoms with Gasteiger partial charge in [-0.25, -0.2) is 0 Å². The summed E-state index contributed by atoms with van der Waals surface area (Å²) in [6.07, 6.45) is 3.47. The third kappa shape index (κ3) is 5.18. The highest BCUT2D eigenvalue weighted by atomic mass is 35.5. The van der Waals surface area contributed by atoms with Crippen LogP contribution in [0.5, 0.6) is 5.75 Å². The molecule has 2 N–H and O–H groups in total. The molecule has 1 saturated heterocycles. The molecule has 122 valence electrons. The molecule has 1 unspecified atom stereocenters. The minimum Gasteiger partial charge on any atom is -0.490 e. The SMILES string of the molecule is CC(C)Oc1ccc(Cl)cc1C(=O)NCCC1CCCNC1. The van der Waals surface area contributed by atoms with Gasteiger partial charge in [-0.15, -0.1) is 0 Å². The number of ether oxygens (including phenoxy) is 1. The van der Waals surface area contributed by atoms with Gasteiger partial charge in [-0.1, -0.05) is 11.6 Å². The molecule has 1 aliphatic heterocycles. The van der Waals surface area contributed by atoms with E-state index in [1.54, 1.807) is 18.2 Å². The Morgan fingerprint density at radius 1 is 1.50 bits per heavy atom. The van der Waals surface area contributed by atoms with Gasteiger partial charge in [0.1, 0.15) is 5.75 Å². The molecule has 0 spiro atoms. The summed E-state index contributed by atoms with van der Waals surface area (Å²) in [5.74, 6) is 1.11. The van der Waals surface area contributed by atoms with Crippen LogP contribution < -0.4 is 15.4 Å². The maximum atomic E-state index is 12.4. The van der Waals surface area contributed by atoms with Crippen LogP contribution in [0.4, 0.5) is 0 Å². The van der Waals surface area contributed by atoms with Crippen LogP contribution in [0.1, 0.15) is 43.5 Å². The Hall–Kier alpha value is -1.26. The van der Waals surface area contributed by atoms with Crippen molar-refractivity contribution in [2.75, 3.05) is 19.6 Å². The van der Waals surface area contributed by atoms with Crippen LogP contribution in [-0.4, -0.2) is 31.6 Å². The molecule has 1 aromatic carbocycles. The number of carbonyl (C=O) groups excluding carboxylic acids is 1. The second kappa shape index (κ2) is 8.39. The third-order valence-corrected chi connectivity index (χ3v) is 4.02. The number of piperidine rings is 1. The molecule has 0 aromatic heterocycles. The molecule has 1 aromatic rings. The van der Waals surface area contributed by atoms with Gasteiger partial charge in [-0.3, -0.25) is 4.79 Å². The van der Waals surface area contributed by atoms with Crippen molar-refractivity contribution >= 4 is 17.5 Å². The summed E-state index contributed by atoms with van der Waals surface area (Å²) >= 11 is 6.01. The number of benzene rings is 1. The smallest absolute Gasteiger partial charge is 0.255 e. The quantitative estimate of drug-likeness (QED) is 0.844. The zero-order valence-electron chi connectivity index (χ0n) is 13.3. The van der Waals surface area contributed by atoms with E-state index in [0.717, 1.165) is 19.5 Å². The van der Waals surface area contributed by atoms with E-state index in [2.05, 4.69) is 10.6 Å². The van der Waals surface area contributed by atoms with Crippen molar-refractivity contribution in [3.8, 4) is 5.75 Å². The molecule has 5 heteroatoms. The highest BCUT2D eigenvalue weighted by molar-refractivity contribution is 6.31. The van der Waals surface area contributed by atoms with Gasteiger partial charge in [0, 0.05) is 11.6 Å². The van der Waals surface area contributed by atoms with Crippen molar-refractivity contribution in [3.05, 3.63) is 28.8 Å². The van der Waals surface area contributed by atoms with Crippen LogP contribution in [0, 0.1) is 5.92 Å². The monoisotopic (exact) mass is 324 g/mol. The van der Waals surface area contributed by atoms with Gasteiger partial charge < -0.3 is 15.4 Å². The number of hydrogen-bond acceptors (Lipinski definition) is 3. The lowest BCUT2D eigenvalue weighted by atomic mass is 9.96. The van der Waals surface area contributed by atoms with E-state index in [9.17, 15) is 4.79 Å². The molecule has 1 fully saturated rings. The lowest BCUT2D eigenvalue weighted by molar-refractivity contribution is 0.0945. The lowest BCUT2D eigenvalue weighted by Crippen LogP contribution is -2.33. The Balaban J connectivity index is 1.91. The Bertz CT molecular complexity index is 499. The van der Waals surface area contributed by atoms with E-state index in [0.29, 0.717) is 28.8 Å². The van der Waals surface area contributed by atoms with E-state index in [4.69, 9.17) is 16.3 Å². The summed E-state index contributed by atoms with van der Waals surface area (Å²) in [5, 5.41) is 6.91. The van der Waals surface area contributed by atoms with Crippen LogP contribution in [0.2, 0.25) is 5.02 Å². The molecule has 22 heavy (non-hydrogen) atoms. The Morgan fingerprint density at radius 2 is 2.32 bits per heavy atom. The van der Waals surface area contributed by atoms with Crippen LogP contribution >= 0.6 is 11.6 Å². The van der Waals surface area contributed by atoms with Crippen LogP contribution in [0.25, 0.3) is 0 Å². The number of halogens is 1. The number of amides is 1. The van der Waals surface area contributed by atoms with Gasteiger partial charge in [0.15, 0.2) is 0 Å². The number of hydrogen-bond donors (Lipinski definition) is 2. The first-order valence-corrected chi connectivity index (χ1v) is 8.39. The second-order valence-electron chi connectivity index (χ2n) is 6.06. The zero-order valence-corrected chi connectivity index (χ0v) is 14.1. The maximum absolute atomic E-state index is 12.4.